The van der Waals surface area contributed by atoms with E-state index in [2.05, 4.69) is 0 Å². The molecule has 0 radical (unpaired) electrons. The number of hydrogen-bond acceptors (Lipinski definition) is 3. The van der Waals surface area contributed by atoms with E-state index in [1.807, 2.05) is 37.3 Å². The topological polar surface area (TPSA) is 46.5 Å². The lowest BCUT2D eigenvalue weighted by Crippen LogP contribution is -1.97. The summed E-state index contributed by atoms with van der Waals surface area (Å²) in [6, 6.07) is 9.32. The first-order valence-electron chi connectivity index (χ1n) is 4.52. The maximum absolute atomic E-state index is 10.8. The average molecular weight is 224 g/mol. The van der Waals surface area contributed by atoms with Crippen LogP contribution in [0.2, 0.25) is 0 Å². The van der Waals surface area contributed by atoms with E-state index in [1.54, 1.807) is 0 Å². The predicted octanol–water partition coefficient (Wildman–Crippen LogP) is 2.74. The van der Waals surface area contributed by atoms with E-state index in [0.29, 0.717) is 6.61 Å². The Kier molecular flexibility index (Phi) is 4.77. The van der Waals surface area contributed by atoms with Crippen LogP contribution < -0.4 is 0 Å². The Morgan fingerprint density at radius 1 is 1.47 bits per heavy atom. The second-order valence-electron chi connectivity index (χ2n) is 2.66. The molecule has 0 spiro atoms. The number of hydrogen-bond donors (Lipinski definition) is 1. The summed E-state index contributed by atoms with van der Waals surface area (Å²) in [7, 11) is 0. The zero-order valence-electron chi connectivity index (χ0n) is 8.34. The van der Waals surface area contributed by atoms with Gasteiger partial charge < -0.3 is 9.84 Å². The molecule has 0 bridgehead atoms. The molecule has 15 heavy (non-hydrogen) atoms. The van der Waals surface area contributed by atoms with Crippen molar-refractivity contribution in [2.24, 2.45) is 0 Å². The molecule has 1 aromatic rings. The molecule has 0 saturated heterocycles. The molecule has 0 fully saturated rings. The van der Waals surface area contributed by atoms with Crippen LogP contribution in [0.15, 0.2) is 46.4 Å². The molecule has 4 heteroatoms. The van der Waals surface area contributed by atoms with E-state index in [4.69, 9.17) is 9.84 Å². The maximum Gasteiger partial charge on any atom is 0.345 e. The summed E-state index contributed by atoms with van der Waals surface area (Å²) in [4.78, 5) is 11.9. The predicted molar refractivity (Wildman–Crippen MR) is 59.6 cm³/mol. The first-order chi connectivity index (χ1) is 7.24. The van der Waals surface area contributed by atoms with Crippen LogP contribution in [0.5, 0.6) is 0 Å². The number of aliphatic carboxylic acids is 1. The Labute approximate surface area is 92.8 Å². The Bertz CT molecular complexity index is 346. The fourth-order valence-electron chi connectivity index (χ4n) is 0.893. The van der Waals surface area contributed by atoms with Crippen LogP contribution in [0.4, 0.5) is 0 Å². The smallest absolute Gasteiger partial charge is 0.345 e. The number of carbonyl (C=O) groups is 1. The zero-order chi connectivity index (χ0) is 11.1. The number of carboxylic acid groups (broad SMARTS) is 1. The van der Waals surface area contributed by atoms with Gasteiger partial charge in [0.2, 0.25) is 0 Å². The quantitative estimate of drug-likeness (QED) is 0.474. The van der Waals surface area contributed by atoms with E-state index in [-0.39, 0.29) is 4.91 Å². The van der Waals surface area contributed by atoms with Gasteiger partial charge >= 0.3 is 5.97 Å². The zero-order valence-corrected chi connectivity index (χ0v) is 9.16. The highest BCUT2D eigenvalue weighted by Gasteiger charge is 2.09. The van der Waals surface area contributed by atoms with Crippen molar-refractivity contribution < 1.29 is 14.6 Å². The van der Waals surface area contributed by atoms with Crippen molar-refractivity contribution in [1.29, 1.82) is 0 Å². The molecule has 1 aromatic carbocycles. The van der Waals surface area contributed by atoms with E-state index >= 15 is 0 Å². The van der Waals surface area contributed by atoms with Gasteiger partial charge in [0.1, 0.15) is 11.2 Å². The molecule has 1 rings (SSSR count). The Balaban J connectivity index is 2.72. The fourth-order valence-corrected chi connectivity index (χ4v) is 1.64. The van der Waals surface area contributed by atoms with Gasteiger partial charge in [0.25, 0.3) is 0 Å². The third-order valence-electron chi connectivity index (χ3n) is 1.54. The van der Waals surface area contributed by atoms with Gasteiger partial charge in [-0.25, -0.2) is 4.79 Å². The maximum atomic E-state index is 10.8. The molecule has 0 amide bonds. The first-order valence-corrected chi connectivity index (χ1v) is 5.33. The lowest BCUT2D eigenvalue weighted by Gasteiger charge is -2.02. The van der Waals surface area contributed by atoms with Crippen molar-refractivity contribution in [1.82, 2.24) is 0 Å². The summed E-state index contributed by atoms with van der Waals surface area (Å²) < 4.78 is 4.97. The number of ether oxygens (including phenoxy) is 1. The largest absolute Gasteiger partial charge is 0.500 e. The lowest BCUT2D eigenvalue weighted by molar-refractivity contribution is -0.131. The molecule has 0 saturated carbocycles. The van der Waals surface area contributed by atoms with Gasteiger partial charge in [-0.3, -0.25) is 0 Å². The van der Waals surface area contributed by atoms with E-state index in [0.717, 1.165) is 4.90 Å². The molecule has 0 aromatic heterocycles. The molecular weight excluding hydrogens is 212 g/mol. The van der Waals surface area contributed by atoms with Crippen LogP contribution >= 0.6 is 11.8 Å². The third-order valence-corrected chi connectivity index (χ3v) is 2.54. The second-order valence-corrected chi connectivity index (χ2v) is 3.77. The average Bonchev–Trinajstić information content (AvgIpc) is 2.25. The van der Waals surface area contributed by atoms with E-state index in [1.165, 1.54) is 18.0 Å². The highest BCUT2D eigenvalue weighted by atomic mass is 32.2. The van der Waals surface area contributed by atoms with Gasteiger partial charge in [0.15, 0.2) is 0 Å². The molecule has 0 aliphatic rings. The fraction of sp³-hybridized carbons (Fsp3) is 0.182. The summed E-state index contributed by atoms with van der Waals surface area (Å²) in [6.07, 6.45) is 1.28. The third kappa shape index (κ3) is 4.08. The summed E-state index contributed by atoms with van der Waals surface area (Å²) in [6.45, 7) is 2.27. The van der Waals surface area contributed by atoms with Crippen LogP contribution in [0.25, 0.3) is 0 Å². The number of thioether (sulfide) groups is 1. The van der Waals surface area contributed by atoms with Crippen LogP contribution in [0.3, 0.4) is 0 Å². The van der Waals surface area contributed by atoms with Gasteiger partial charge in [-0.1, -0.05) is 30.0 Å². The molecule has 3 nitrogen and oxygen atoms in total. The molecule has 0 atom stereocenters. The van der Waals surface area contributed by atoms with Crippen molar-refractivity contribution in [3.05, 3.63) is 41.5 Å². The van der Waals surface area contributed by atoms with Crippen molar-refractivity contribution in [2.45, 2.75) is 11.8 Å². The number of benzene rings is 1. The van der Waals surface area contributed by atoms with Crippen LogP contribution in [-0.2, 0) is 9.53 Å². The highest BCUT2D eigenvalue weighted by molar-refractivity contribution is 8.04. The molecule has 0 heterocycles. The van der Waals surface area contributed by atoms with Crippen molar-refractivity contribution in [3.63, 3.8) is 0 Å². The van der Waals surface area contributed by atoms with Gasteiger partial charge in [0.05, 0.1) is 6.61 Å². The van der Waals surface area contributed by atoms with Crippen molar-refractivity contribution in [2.75, 3.05) is 6.61 Å². The van der Waals surface area contributed by atoms with E-state index in [9.17, 15) is 4.79 Å². The van der Waals surface area contributed by atoms with Gasteiger partial charge in [-0.15, -0.1) is 0 Å². The number of rotatable bonds is 5. The molecule has 0 aliphatic carbocycles. The Hall–Kier alpha value is -1.42. The highest BCUT2D eigenvalue weighted by Crippen LogP contribution is 2.26. The minimum atomic E-state index is -0.975. The minimum Gasteiger partial charge on any atom is -0.500 e. The van der Waals surface area contributed by atoms with Crippen LogP contribution in [0.1, 0.15) is 6.92 Å². The first kappa shape index (κ1) is 11.7. The standard InChI is InChI=1S/C11H12O3S/c1-2-14-8-10(11(12)13)15-9-6-4-3-5-7-9/h3-8H,2H2,1H3,(H,12,13)/b10-8+. The van der Waals surface area contributed by atoms with Gasteiger partial charge in [-0.2, -0.15) is 0 Å². The summed E-state index contributed by atoms with van der Waals surface area (Å²) in [5.41, 5.74) is 0. The lowest BCUT2D eigenvalue weighted by atomic mass is 10.4. The Morgan fingerprint density at radius 3 is 2.67 bits per heavy atom. The summed E-state index contributed by atoms with van der Waals surface area (Å²) in [5, 5.41) is 8.89. The van der Waals surface area contributed by atoms with Gasteiger partial charge in [0, 0.05) is 4.90 Å². The second kappa shape index (κ2) is 6.14. The SMILES string of the molecule is CCO/C=C(/Sc1ccccc1)C(=O)O. The summed E-state index contributed by atoms with van der Waals surface area (Å²) in [5.74, 6) is -0.975. The van der Waals surface area contributed by atoms with E-state index < -0.39 is 5.97 Å². The monoisotopic (exact) mass is 224 g/mol. The molecule has 1 N–H and O–H groups in total. The normalized spacial score (nSPS) is 11.1. The molecule has 80 valence electrons. The van der Waals surface area contributed by atoms with Crippen LogP contribution in [0, 0.1) is 0 Å². The van der Waals surface area contributed by atoms with Crippen LogP contribution in [-0.4, -0.2) is 17.7 Å². The number of carboxylic acids is 1. The molecular formula is C11H12O3S. The van der Waals surface area contributed by atoms with Crippen molar-refractivity contribution >= 4 is 17.7 Å². The molecule has 0 unspecified atom stereocenters. The Morgan fingerprint density at radius 2 is 2.13 bits per heavy atom. The minimum absolute atomic E-state index is 0.183. The molecule has 0 aliphatic heterocycles. The van der Waals surface area contributed by atoms with Crippen molar-refractivity contribution in [3.8, 4) is 0 Å². The van der Waals surface area contributed by atoms with Gasteiger partial charge in [-0.05, 0) is 19.1 Å². The summed E-state index contributed by atoms with van der Waals surface area (Å²) >= 11 is 1.17.